The normalized spacial score (nSPS) is 29.0. The maximum absolute atomic E-state index is 11.9. The molecule has 6 heteroatoms. The van der Waals surface area contributed by atoms with Crippen LogP contribution in [-0.4, -0.2) is 50.5 Å². The number of hydrogen-bond acceptors (Lipinski definition) is 5. The lowest BCUT2D eigenvalue weighted by Crippen LogP contribution is -2.45. The number of ether oxygens (including phenoxy) is 1. The first-order valence-corrected chi connectivity index (χ1v) is 7.89. The first kappa shape index (κ1) is 14.5. The van der Waals surface area contributed by atoms with Gasteiger partial charge in [-0.05, 0) is 44.6 Å². The molecule has 2 atom stereocenters. The average Bonchev–Trinajstić information content (AvgIpc) is 3.11. The maximum Gasteiger partial charge on any atom is 0.420 e. The molecule has 0 radical (unpaired) electrons. The van der Waals surface area contributed by atoms with Crippen LogP contribution in [0.25, 0.3) is 0 Å². The summed E-state index contributed by atoms with van der Waals surface area (Å²) in [6, 6.07) is 0.367. The summed E-state index contributed by atoms with van der Waals surface area (Å²) >= 11 is 0. The Kier molecular flexibility index (Phi) is 3.97. The molecule has 116 valence electrons. The van der Waals surface area contributed by atoms with E-state index in [0.29, 0.717) is 24.1 Å². The first-order chi connectivity index (χ1) is 10.1. The number of carbonyl (C=O) groups is 1. The summed E-state index contributed by atoms with van der Waals surface area (Å²) in [6.45, 7) is 6.20. The van der Waals surface area contributed by atoms with Crippen molar-refractivity contribution in [3.63, 3.8) is 0 Å². The van der Waals surface area contributed by atoms with Crippen molar-refractivity contribution in [3.8, 4) is 0 Å². The van der Waals surface area contributed by atoms with Crippen molar-refractivity contribution in [2.75, 3.05) is 13.2 Å². The van der Waals surface area contributed by atoms with E-state index in [4.69, 9.17) is 4.74 Å². The second kappa shape index (κ2) is 5.75. The van der Waals surface area contributed by atoms with E-state index in [0.717, 1.165) is 13.0 Å². The number of fused-ring (bicyclic) bond motifs is 1. The van der Waals surface area contributed by atoms with Gasteiger partial charge in [-0.2, -0.15) is 0 Å². The molecular formula is C15H24N4O2. The van der Waals surface area contributed by atoms with Crippen LogP contribution in [-0.2, 0) is 4.74 Å². The smallest absolute Gasteiger partial charge is 0.420 e. The van der Waals surface area contributed by atoms with Gasteiger partial charge in [0.05, 0.1) is 0 Å². The molecule has 1 aromatic rings. The van der Waals surface area contributed by atoms with Crippen LogP contribution in [0, 0.1) is 5.92 Å². The number of hydrogen-bond donors (Lipinski definition) is 0. The van der Waals surface area contributed by atoms with Gasteiger partial charge in [0.1, 0.15) is 19.3 Å². The molecule has 0 N–H and O–H groups in total. The zero-order chi connectivity index (χ0) is 14.9. The van der Waals surface area contributed by atoms with Crippen LogP contribution in [0.4, 0.5) is 4.79 Å². The van der Waals surface area contributed by atoms with Crippen molar-refractivity contribution in [1.29, 1.82) is 0 Å². The van der Waals surface area contributed by atoms with E-state index in [2.05, 4.69) is 28.9 Å². The number of nitrogens with zero attached hydrogens (tertiary/aromatic N) is 4. The Bertz CT molecular complexity index is 488. The quantitative estimate of drug-likeness (QED) is 0.852. The van der Waals surface area contributed by atoms with Gasteiger partial charge in [-0.15, -0.1) is 10.2 Å². The van der Waals surface area contributed by atoms with Gasteiger partial charge in [-0.3, -0.25) is 4.90 Å². The summed E-state index contributed by atoms with van der Waals surface area (Å²) in [5, 5.41) is 7.24. The topological polar surface area (TPSA) is 60.2 Å². The molecule has 3 rings (SSSR count). The summed E-state index contributed by atoms with van der Waals surface area (Å²) in [5.41, 5.74) is 0.363. The minimum absolute atomic E-state index is 0.363. The van der Waals surface area contributed by atoms with Crippen molar-refractivity contribution in [3.05, 3.63) is 12.7 Å². The molecule has 0 aliphatic carbocycles. The predicted octanol–water partition coefficient (Wildman–Crippen LogP) is 2.31. The molecule has 2 saturated heterocycles. The molecule has 2 fully saturated rings. The molecule has 0 saturated carbocycles. The minimum atomic E-state index is -0.388. The Morgan fingerprint density at radius 1 is 1.38 bits per heavy atom. The number of rotatable bonds is 4. The monoisotopic (exact) mass is 292 g/mol. The predicted molar refractivity (Wildman–Crippen MR) is 77.9 cm³/mol. The molecule has 0 spiro atoms. The fraction of sp³-hybridized carbons (Fsp3) is 0.800. The van der Waals surface area contributed by atoms with Crippen LogP contribution in [0.3, 0.4) is 0 Å². The van der Waals surface area contributed by atoms with E-state index in [1.165, 1.54) is 42.9 Å². The van der Waals surface area contributed by atoms with Gasteiger partial charge in [0.25, 0.3) is 0 Å². The van der Waals surface area contributed by atoms with Crippen LogP contribution in [0.2, 0.25) is 0 Å². The van der Waals surface area contributed by atoms with Gasteiger partial charge in [-0.25, -0.2) is 9.36 Å². The maximum atomic E-state index is 11.9. The zero-order valence-corrected chi connectivity index (χ0v) is 12.9. The Morgan fingerprint density at radius 3 is 2.86 bits per heavy atom. The number of aromatic nitrogens is 3. The minimum Gasteiger partial charge on any atom is -0.447 e. The molecule has 2 aliphatic rings. The van der Waals surface area contributed by atoms with Crippen LogP contribution in [0.15, 0.2) is 12.7 Å². The highest BCUT2D eigenvalue weighted by Crippen LogP contribution is 2.46. The van der Waals surface area contributed by atoms with Gasteiger partial charge in [-0.1, -0.05) is 13.8 Å². The lowest BCUT2D eigenvalue weighted by atomic mass is 9.85. The van der Waals surface area contributed by atoms with Crippen molar-refractivity contribution in [1.82, 2.24) is 19.7 Å². The lowest BCUT2D eigenvalue weighted by Gasteiger charge is -2.36. The van der Waals surface area contributed by atoms with E-state index in [1.807, 2.05) is 0 Å². The molecule has 2 aliphatic heterocycles. The summed E-state index contributed by atoms with van der Waals surface area (Å²) in [5.74, 6) is 0.712. The van der Waals surface area contributed by atoms with E-state index in [9.17, 15) is 4.79 Å². The number of carbonyl (C=O) groups excluding carboxylic acids is 1. The third kappa shape index (κ3) is 2.81. The standard InChI is InChI=1S/C15H24N4O2/c1-12(2)8-15-5-3-7-19(15)13(4-6-15)9-21-14(20)18-10-16-17-11-18/h10-13H,3-9H2,1-2H3/t13-,15-/m1/s1. The molecule has 0 unspecified atom stereocenters. The van der Waals surface area contributed by atoms with Crippen molar-refractivity contribution < 1.29 is 9.53 Å². The second-order valence-corrected chi connectivity index (χ2v) is 6.76. The van der Waals surface area contributed by atoms with E-state index in [-0.39, 0.29) is 6.09 Å². The van der Waals surface area contributed by atoms with E-state index >= 15 is 0 Å². The second-order valence-electron chi connectivity index (χ2n) is 6.76. The van der Waals surface area contributed by atoms with Crippen molar-refractivity contribution in [2.24, 2.45) is 5.92 Å². The fourth-order valence-electron chi connectivity index (χ4n) is 4.18. The van der Waals surface area contributed by atoms with Crippen LogP contribution in [0.5, 0.6) is 0 Å². The molecule has 1 aromatic heterocycles. The van der Waals surface area contributed by atoms with Gasteiger partial charge >= 0.3 is 6.09 Å². The average molecular weight is 292 g/mol. The third-order valence-corrected chi connectivity index (χ3v) is 4.85. The molecule has 6 nitrogen and oxygen atoms in total. The Hall–Kier alpha value is -1.43. The van der Waals surface area contributed by atoms with Gasteiger partial charge in [0.15, 0.2) is 0 Å². The van der Waals surface area contributed by atoms with Crippen molar-refractivity contribution in [2.45, 2.75) is 57.5 Å². The fourth-order valence-corrected chi connectivity index (χ4v) is 4.18. The van der Waals surface area contributed by atoms with Crippen LogP contribution >= 0.6 is 0 Å². The summed E-state index contributed by atoms with van der Waals surface area (Å²) in [4.78, 5) is 14.5. The molecule has 0 amide bonds. The Labute approximate surface area is 125 Å². The van der Waals surface area contributed by atoms with E-state index < -0.39 is 0 Å². The van der Waals surface area contributed by atoms with Gasteiger partial charge in [0.2, 0.25) is 0 Å². The third-order valence-electron chi connectivity index (χ3n) is 4.85. The lowest BCUT2D eigenvalue weighted by molar-refractivity contribution is 0.0739. The van der Waals surface area contributed by atoms with Gasteiger partial charge in [0, 0.05) is 11.6 Å². The summed E-state index contributed by atoms with van der Waals surface area (Å²) < 4.78 is 6.71. The van der Waals surface area contributed by atoms with Crippen LogP contribution in [0.1, 0.15) is 46.0 Å². The highest BCUT2D eigenvalue weighted by Gasteiger charge is 2.49. The Morgan fingerprint density at radius 2 is 2.14 bits per heavy atom. The molecule has 3 heterocycles. The molecule has 21 heavy (non-hydrogen) atoms. The SMILES string of the molecule is CC(C)C[C@]12CCCN1[C@@H](COC(=O)n1cnnc1)CC2. The molecular weight excluding hydrogens is 268 g/mol. The zero-order valence-electron chi connectivity index (χ0n) is 12.9. The molecule has 0 bridgehead atoms. The van der Waals surface area contributed by atoms with Crippen LogP contribution < -0.4 is 0 Å². The first-order valence-electron chi connectivity index (χ1n) is 7.89. The van der Waals surface area contributed by atoms with Gasteiger partial charge < -0.3 is 4.74 Å². The molecule has 0 aromatic carbocycles. The summed E-state index contributed by atoms with van der Waals surface area (Å²) in [7, 11) is 0. The highest BCUT2D eigenvalue weighted by atomic mass is 16.5. The summed E-state index contributed by atoms with van der Waals surface area (Å²) in [6.07, 6.45) is 8.53. The van der Waals surface area contributed by atoms with E-state index in [1.54, 1.807) is 0 Å². The largest absolute Gasteiger partial charge is 0.447 e. The van der Waals surface area contributed by atoms with Crippen molar-refractivity contribution >= 4 is 6.09 Å². The highest BCUT2D eigenvalue weighted by molar-refractivity contribution is 5.69. The Balaban J connectivity index is 1.59.